The lowest BCUT2D eigenvalue weighted by atomic mass is 10.1. The molecule has 0 spiro atoms. The van der Waals surface area contributed by atoms with E-state index in [1.165, 1.54) is 12.1 Å². The average Bonchev–Trinajstić information content (AvgIpc) is 2.76. The van der Waals surface area contributed by atoms with Crippen LogP contribution in [0.5, 0.6) is 5.75 Å². The second kappa shape index (κ2) is 19.0. The summed E-state index contributed by atoms with van der Waals surface area (Å²) in [4.78, 5) is 30.7. The first-order chi connectivity index (χ1) is 15.8. The summed E-state index contributed by atoms with van der Waals surface area (Å²) in [6.07, 6.45) is 2.39. The first-order valence-electron chi connectivity index (χ1n) is 10.3. The average molecular weight is 488 g/mol. The number of rotatable bonds is 12. The lowest BCUT2D eigenvalue weighted by Crippen LogP contribution is -2.34. The number of hydrogen-bond acceptors (Lipinski definition) is 9. The van der Waals surface area contributed by atoms with Gasteiger partial charge in [-0.25, -0.2) is 0 Å². The van der Waals surface area contributed by atoms with Crippen LogP contribution in [0.15, 0.2) is 24.3 Å². The minimum absolute atomic E-state index is 0.112. The highest BCUT2D eigenvalue weighted by atomic mass is 16.4. The number of carbonyl (C=O) groups is 3. The van der Waals surface area contributed by atoms with E-state index in [0.717, 1.165) is 5.56 Å². The second-order valence-corrected chi connectivity index (χ2v) is 7.12. The van der Waals surface area contributed by atoms with Crippen molar-refractivity contribution in [3.05, 3.63) is 29.8 Å². The Morgan fingerprint density at radius 1 is 0.853 bits per heavy atom. The van der Waals surface area contributed by atoms with Gasteiger partial charge in [0.1, 0.15) is 23.9 Å². The zero-order valence-corrected chi connectivity index (χ0v) is 18.9. The Morgan fingerprint density at radius 3 is 1.68 bits per heavy atom. The predicted octanol–water partition coefficient (Wildman–Crippen LogP) is -1.85. The van der Waals surface area contributed by atoms with Gasteiger partial charge in [0.25, 0.3) is 0 Å². The van der Waals surface area contributed by atoms with Crippen LogP contribution in [0, 0.1) is 5.41 Å². The molecular weight excluding hydrogens is 450 g/mol. The normalized spacial score (nSPS) is 12.5. The third kappa shape index (κ3) is 19.2. The van der Waals surface area contributed by atoms with Crippen molar-refractivity contribution in [3.63, 3.8) is 0 Å². The zero-order valence-electron chi connectivity index (χ0n) is 18.9. The monoisotopic (exact) mass is 487 g/mol. The molecule has 0 fully saturated rings. The van der Waals surface area contributed by atoms with Crippen LogP contribution in [0.25, 0.3) is 0 Å². The maximum atomic E-state index is 10.4. The molecule has 0 aromatic heterocycles. The number of carboxylic acids is 3. The first-order valence-corrected chi connectivity index (χ1v) is 10.3. The molecule has 16 N–H and O–H groups in total. The van der Waals surface area contributed by atoms with E-state index in [0.29, 0.717) is 38.8 Å². The molecule has 194 valence electrons. The Morgan fingerprint density at radius 2 is 1.29 bits per heavy atom. The van der Waals surface area contributed by atoms with Gasteiger partial charge in [-0.3, -0.25) is 19.8 Å². The van der Waals surface area contributed by atoms with Crippen molar-refractivity contribution in [2.75, 3.05) is 13.1 Å². The van der Waals surface area contributed by atoms with Gasteiger partial charge in [-0.1, -0.05) is 12.1 Å². The summed E-state index contributed by atoms with van der Waals surface area (Å²) >= 11 is 0. The standard InChI is InChI=1S/C9H11NO3.C6H14N4O2.C5H12N2O2/c10-8(9(12)13)5-6-1-3-7(11)4-2-6;7-4(5(11)12)2-1-3-10-6(8)9;6-3-1-2-4(7)5(8)9/h1-4,8,11H,5,10H2,(H,12,13);4H,1-3,7H2,(H,11,12)(H4,8,9,10);4H,1-3,6-7H2,(H,8,9). The number of nitrogens with one attached hydrogen (secondary N) is 2. The van der Waals surface area contributed by atoms with E-state index >= 15 is 0 Å². The minimum Gasteiger partial charge on any atom is -0.508 e. The highest BCUT2D eigenvalue weighted by Gasteiger charge is 2.12. The quantitative estimate of drug-likeness (QED) is 0.0876. The summed E-state index contributed by atoms with van der Waals surface area (Å²) in [5.41, 5.74) is 26.6. The summed E-state index contributed by atoms with van der Waals surface area (Å²) < 4.78 is 0. The van der Waals surface area contributed by atoms with Crippen LogP contribution in [0.1, 0.15) is 31.2 Å². The highest BCUT2D eigenvalue weighted by molar-refractivity contribution is 5.74. The summed E-state index contributed by atoms with van der Waals surface area (Å²) in [7, 11) is 0. The van der Waals surface area contributed by atoms with Gasteiger partial charge in [-0.15, -0.1) is 0 Å². The van der Waals surface area contributed by atoms with Crippen molar-refractivity contribution in [1.29, 1.82) is 5.41 Å². The molecule has 0 aliphatic carbocycles. The van der Waals surface area contributed by atoms with E-state index in [1.54, 1.807) is 12.1 Å². The molecule has 1 rings (SSSR count). The van der Waals surface area contributed by atoms with Gasteiger partial charge in [0.05, 0.1) is 0 Å². The van der Waals surface area contributed by atoms with E-state index in [-0.39, 0.29) is 18.1 Å². The number of hydrogen-bond donors (Lipinski definition) is 11. The fourth-order valence-corrected chi connectivity index (χ4v) is 2.10. The SMILES string of the molecule is N=C(N)NCCCC(N)C(=O)O.NC(Cc1ccc(O)cc1)C(=O)O.NCCCC(N)C(=O)O. The van der Waals surface area contributed by atoms with E-state index < -0.39 is 36.0 Å². The molecule has 0 saturated heterocycles. The summed E-state index contributed by atoms with van der Waals surface area (Å²) in [5, 5.41) is 43.4. The third-order valence-electron chi connectivity index (χ3n) is 4.07. The molecule has 0 radical (unpaired) electrons. The number of phenols is 1. The van der Waals surface area contributed by atoms with E-state index in [2.05, 4.69) is 5.32 Å². The molecular formula is C20H37N7O7. The van der Waals surface area contributed by atoms with E-state index in [1.807, 2.05) is 0 Å². The number of phenolic OH excluding ortho intramolecular Hbond substituents is 1. The summed E-state index contributed by atoms with van der Waals surface area (Å²) in [6, 6.07) is 3.86. The van der Waals surface area contributed by atoms with Gasteiger partial charge in [0.2, 0.25) is 0 Å². The Bertz CT molecular complexity index is 747. The van der Waals surface area contributed by atoms with Crippen molar-refractivity contribution in [1.82, 2.24) is 5.32 Å². The zero-order chi connectivity index (χ0) is 26.7. The van der Waals surface area contributed by atoms with Crippen LogP contribution in [-0.4, -0.2) is 75.5 Å². The Labute approximate surface area is 197 Å². The van der Waals surface area contributed by atoms with Crippen molar-refractivity contribution < 1.29 is 34.8 Å². The summed E-state index contributed by atoms with van der Waals surface area (Å²) in [5.74, 6) is -2.93. The molecule has 3 atom stereocenters. The maximum Gasteiger partial charge on any atom is 0.320 e. The van der Waals surface area contributed by atoms with Crippen LogP contribution >= 0.6 is 0 Å². The van der Waals surface area contributed by atoms with Crippen LogP contribution < -0.4 is 34.0 Å². The Hall–Kier alpha value is -3.46. The number of aromatic hydroxyl groups is 1. The number of guanidine groups is 1. The fraction of sp³-hybridized carbons (Fsp3) is 0.500. The molecule has 34 heavy (non-hydrogen) atoms. The van der Waals surface area contributed by atoms with Gasteiger partial charge >= 0.3 is 17.9 Å². The molecule has 1 aromatic carbocycles. The maximum absolute atomic E-state index is 10.4. The van der Waals surface area contributed by atoms with Crippen LogP contribution in [-0.2, 0) is 20.8 Å². The van der Waals surface area contributed by atoms with E-state index in [4.69, 9.17) is 54.5 Å². The predicted molar refractivity (Wildman–Crippen MR) is 126 cm³/mol. The molecule has 0 bridgehead atoms. The largest absolute Gasteiger partial charge is 0.508 e. The number of benzene rings is 1. The fourth-order valence-electron chi connectivity index (χ4n) is 2.10. The molecule has 3 unspecified atom stereocenters. The van der Waals surface area contributed by atoms with Gasteiger partial charge in [-0.05, 0) is 56.3 Å². The van der Waals surface area contributed by atoms with Crippen LogP contribution in [0.2, 0.25) is 0 Å². The highest BCUT2D eigenvalue weighted by Crippen LogP contribution is 2.10. The molecule has 14 nitrogen and oxygen atoms in total. The molecule has 0 aliphatic rings. The second-order valence-electron chi connectivity index (χ2n) is 7.12. The first kappa shape index (κ1) is 32.7. The van der Waals surface area contributed by atoms with Gasteiger partial charge in [0, 0.05) is 6.54 Å². The number of aliphatic carboxylic acids is 3. The van der Waals surface area contributed by atoms with Crippen molar-refractivity contribution in [2.45, 2.75) is 50.2 Å². The van der Waals surface area contributed by atoms with Gasteiger partial charge in [-0.2, -0.15) is 0 Å². The van der Waals surface area contributed by atoms with Gasteiger partial charge in [0.15, 0.2) is 5.96 Å². The van der Waals surface area contributed by atoms with E-state index in [9.17, 15) is 14.4 Å². The third-order valence-corrected chi connectivity index (χ3v) is 4.07. The lowest BCUT2D eigenvalue weighted by Gasteiger charge is -2.06. The Balaban J connectivity index is 0. The number of carboxylic acid groups (broad SMARTS) is 3. The Kier molecular flexibility index (Phi) is 18.3. The molecule has 14 heteroatoms. The number of nitrogens with two attached hydrogens (primary N) is 5. The van der Waals surface area contributed by atoms with Crippen molar-refractivity contribution >= 4 is 23.9 Å². The van der Waals surface area contributed by atoms with Gasteiger partial charge < -0.3 is 54.4 Å². The molecule has 0 saturated carbocycles. The lowest BCUT2D eigenvalue weighted by molar-refractivity contribution is -0.139. The molecule has 0 aliphatic heterocycles. The van der Waals surface area contributed by atoms with Crippen molar-refractivity contribution in [3.8, 4) is 5.75 Å². The molecule has 1 aromatic rings. The molecule has 0 amide bonds. The minimum atomic E-state index is -1.02. The topological polar surface area (TPSA) is 298 Å². The van der Waals surface area contributed by atoms with Crippen molar-refractivity contribution in [2.24, 2.45) is 28.7 Å². The smallest absolute Gasteiger partial charge is 0.320 e. The van der Waals surface area contributed by atoms with Crippen LogP contribution in [0.3, 0.4) is 0 Å². The summed E-state index contributed by atoms with van der Waals surface area (Å²) in [6.45, 7) is 0.983. The molecule has 0 heterocycles. The van der Waals surface area contributed by atoms with Crippen LogP contribution in [0.4, 0.5) is 0 Å².